The summed E-state index contributed by atoms with van der Waals surface area (Å²) in [7, 11) is 2.02. The van der Waals surface area contributed by atoms with Crippen LogP contribution < -0.4 is 14.4 Å². The van der Waals surface area contributed by atoms with Crippen molar-refractivity contribution in [3.63, 3.8) is 0 Å². The molecule has 5 aromatic rings. The third-order valence-electron chi connectivity index (χ3n) is 9.88. The number of carbonyl (C=O) groups excluding carboxylic acids is 1. The van der Waals surface area contributed by atoms with Crippen molar-refractivity contribution in [2.45, 2.75) is 52.4 Å². The number of rotatable bonds is 10. The van der Waals surface area contributed by atoms with Gasteiger partial charge in [0.25, 0.3) is 0 Å². The van der Waals surface area contributed by atoms with Gasteiger partial charge >= 0.3 is 6.09 Å². The average Bonchev–Trinajstić information content (AvgIpc) is 3.50. The molecule has 2 aromatic heterocycles. The lowest BCUT2D eigenvalue weighted by molar-refractivity contribution is 0.0169. The Balaban J connectivity index is 1.05. The van der Waals surface area contributed by atoms with E-state index in [1.807, 2.05) is 110 Å². The van der Waals surface area contributed by atoms with Crippen LogP contribution in [0.4, 0.5) is 10.5 Å². The molecule has 1 amide bonds. The van der Waals surface area contributed by atoms with Gasteiger partial charge in [0.2, 0.25) is 11.8 Å². The Hall–Kier alpha value is -5.09. The molecule has 0 bridgehead atoms. The quantitative estimate of drug-likeness (QED) is 0.148. The third-order valence-corrected chi connectivity index (χ3v) is 9.88. The number of aryl methyl sites for hydroxylation is 1. The van der Waals surface area contributed by atoms with Crippen molar-refractivity contribution in [1.82, 2.24) is 24.6 Å². The first-order valence-corrected chi connectivity index (χ1v) is 18.5. The number of piperidine rings is 1. The van der Waals surface area contributed by atoms with E-state index in [4.69, 9.17) is 24.3 Å². The molecule has 2 saturated heterocycles. The number of amides is 1. The van der Waals surface area contributed by atoms with Gasteiger partial charge in [-0.1, -0.05) is 72.8 Å². The minimum atomic E-state index is -0.462. The van der Waals surface area contributed by atoms with Crippen molar-refractivity contribution in [2.75, 3.05) is 50.7 Å². The van der Waals surface area contributed by atoms with Crippen molar-refractivity contribution in [3.05, 3.63) is 102 Å². The molecular formula is C42H50N6O4. The first kappa shape index (κ1) is 35.3. The van der Waals surface area contributed by atoms with Crippen LogP contribution in [0.25, 0.3) is 22.2 Å². The fraction of sp³-hybridized carbons (Fsp3) is 0.405. The topological polar surface area (TPSA) is 85.2 Å². The molecule has 0 saturated carbocycles. The number of piperazine rings is 1. The Bertz CT molecular complexity index is 1940. The van der Waals surface area contributed by atoms with Gasteiger partial charge in [-0.3, -0.25) is 9.58 Å². The second-order valence-corrected chi connectivity index (χ2v) is 14.9. The van der Waals surface area contributed by atoms with Gasteiger partial charge in [0.15, 0.2) is 0 Å². The SMILES string of the molecule is Cn1nc(-c2ccc(OCc3ccccc3)nc2OCc2ccccc2)c2cccc(N3CCN(CC4CCN(C(=O)OC(C)(C)C)CC4)CC3)c21. The van der Waals surface area contributed by atoms with E-state index in [0.717, 1.165) is 91.9 Å². The summed E-state index contributed by atoms with van der Waals surface area (Å²) in [6, 6.07) is 30.6. The van der Waals surface area contributed by atoms with E-state index in [1.165, 1.54) is 5.69 Å². The average molecular weight is 703 g/mol. The molecule has 2 fully saturated rings. The van der Waals surface area contributed by atoms with Crippen molar-refractivity contribution < 1.29 is 19.0 Å². The number of para-hydroxylation sites is 1. The Labute approximate surface area is 306 Å². The molecule has 272 valence electrons. The van der Waals surface area contributed by atoms with Gasteiger partial charge in [-0.25, -0.2) is 4.79 Å². The van der Waals surface area contributed by atoms with E-state index in [-0.39, 0.29) is 6.09 Å². The Morgan fingerprint density at radius 3 is 2.08 bits per heavy atom. The van der Waals surface area contributed by atoms with E-state index in [1.54, 1.807) is 0 Å². The highest BCUT2D eigenvalue weighted by Crippen LogP contribution is 2.38. The Kier molecular flexibility index (Phi) is 10.6. The molecule has 2 aliphatic heterocycles. The highest BCUT2D eigenvalue weighted by molar-refractivity contribution is 6.01. The maximum absolute atomic E-state index is 12.5. The number of benzene rings is 3. The highest BCUT2D eigenvalue weighted by atomic mass is 16.6. The molecule has 52 heavy (non-hydrogen) atoms. The van der Waals surface area contributed by atoms with Crippen LogP contribution in [0.1, 0.15) is 44.7 Å². The Morgan fingerprint density at radius 2 is 1.42 bits per heavy atom. The number of hydrogen-bond acceptors (Lipinski definition) is 8. The molecular weight excluding hydrogens is 653 g/mol. The molecule has 0 radical (unpaired) electrons. The van der Waals surface area contributed by atoms with Crippen molar-refractivity contribution >= 4 is 22.7 Å². The number of ether oxygens (including phenoxy) is 3. The maximum atomic E-state index is 12.5. The van der Waals surface area contributed by atoms with E-state index >= 15 is 0 Å². The minimum Gasteiger partial charge on any atom is -0.473 e. The summed E-state index contributed by atoms with van der Waals surface area (Å²) in [4.78, 5) is 24.3. The predicted molar refractivity (Wildman–Crippen MR) is 205 cm³/mol. The smallest absolute Gasteiger partial charge is 0.410 e. The molecule has 10 heteroatoms. The number of pyridine rings is 1. The highest BCUT2D eigenvalue weighted by Gasteiger charge is 2.29. The van der Waals surface area contributed by atoms with Gasteiger partial charge in [0.05, 0.1) is 16.8 Å². The fourth-order valence-electron chi connectivity index (χ4n) is 7.18. The van der Waals surface area contributed by atoms with Crippen LogP contribution in [0.15, 0.2) is 91.0 Å². The number of likely N-dealkylation sites (tertiary alicyclic amines) is 1. The second kappa shape index (κ2) is 15.7. The van der Waals surface area contributed by atoms with Gasteiger partial charge in [-0.05, 0) is 62.8 Å². The molecule has 4 heterocycles. The second-order valence-electron chi connectivity index (χ2n) is 14.9. The molecule has 2 aliphatic rings. The molecule has 7 rings (SSSR count). The fourth-order valence-corrected chi connectivity index (χ4v) is 7.18. The normalized spacial score (nSPS) is 15.9. The lowest BCUT2D eigenvalue weighted by atomic mass is 9.96. The van der Waals surface area contributed by atoms with Crippen LogP contribution in [-0.4, -0.2) is 82.1 Å². The predicted octanol–water partition coefficient (Wildman–Crippen LogP) is 7.56. The summed E-state index contributed by atoms with van der Waals surface area (Å²) in [6.45, 7) is 13.0. The first-order chi connectivity index (χ1) is 25.2. The van der Waals surface area contributed by atoms with Crippen LogP contribution in [0.3, 0.4) is 0 Å². The van der Waals surface area contributed by atoms with Gasteiger partial charge in [0, 0.05) is 64.3 Å². The van der Waals surface area contributed by atoms with Crippen molar-refractivity contribution in [3.8, 4) is 23.0 Å². The lowest BCUT2D eigenvalue weighted by Crippen LogP contribution is -2.49. The molecule has 0 atom stereocenters. The first-order valence-electron chi connectivity index (χ1n) is 18.5. The zero-order chi connectivity index (χ0) is 36.1. The van der Waals surface area contributed by atoms with Gasteiger partial charge < -0.3 is 24.0 Å². The Morgan fingerprint density at radius 1 is 0.769 bits per heavy atom. The molecule has 0 N–H and O–H groups in total. The molecule has 0 unspecified atom stereocenters. The summed E-state index contributed by atoms with van der Waals surface area (Å²) in [5, 5.41) is 6.13. The van der Waals surface area contributed by atoms with Crippen LogP contribution in [0.2, 0.25) is 0 Å². The largest absolute Gasteiger partial charge is 0.473 e. The summed E-state index contributed by atoms with van der Waals surface area (Å²) >= 11 is 0. The van der Waals surface area contributed by atoms with E-state index in [0.29, 0.717) is 30.9 Å². The maximum Gasteiger partial charge on any atom is 0.410 e. The van der Waals surface area contributed by atoms with Crippen LogP contribution in [0, 0.1) is 5.92 Å². The van der Waals surface area contributed by atoms with E-state index in [2.05, 4.69) is 28.0 Å². The van der Waals surface area contributed by atoms with E-state index < -0.39 is 5.60 Å². The zero-order valence-corrected chi connectivity index (χ0v) is 30.8. The molecule has 10 nitrogen and oxygen atoms in total. The van der Waals surface area contributed by atoms with Gasteiger partial charge in [-0.2, -0.15) is 10.1 Å². The summed E-state index contributed by atoms with van der Waals surface area (Å²) in [5.74, 6) is 1.59. The number of fused-ring (bicyclic) bond motifs is 1. The number of anilines is 1. The molecule has 3 aromatic carbocycles. The number of hydrogen-bond donors (Lipinski definition) is 0. The molecule has 0 spiro atoms. The minimum absolute atomic E-state index is 0.191. The van der Waals surface area contributed by atoms with Crippen molar-refractivity contribution in [2.24, 2.45) is 13.0 Å². The summed E-state index contributed by atoms with van der Waals surface area (Å²) < 4.78 is 20.1. The molecule has 0 aliphatic carbocycles. The van der Waals surface area contributed by atoms with Crippen LogP contribution in [-0.2, 0) is 25.0 Å². The van der Waals surface area contributed by atoms with Crippen LogP contribution in [0.5, 0.6) is 11.8 Å². The monoisotopic (exact) mass is 702 g/mol. The number of carbonyl (C=O) groups is 1. The van der Waals surface area contributed by atoms with Gasteiger partial charge in [-0.15, -0.1) is 0 Å². The standard InChI is InChI=1S/C42H50N6O4/c1-42(2,3)52-41(49)48-22-20-31(21-23-48)28-46-24-26-47(27-25-46)36-17-11-16-34-38(44-45(4)39(34)36)35-18-19-37(50-29-32-12-7-5-8-13-32)43-40(35)51-30-33-14-9-6-10-15-33/h5-19,31H,20-30H2,1-4H3. The third kappa shape index (κ3) is 8.50. The summed E-state index contributed by atoms with van der Waals surface area (Å²) in [5.41, 5.74) is 5.62. The zero-order valence-electron chi connectivity index (χ0n) is 30.8. The van der Waals surface area contributed by atoms with Gasteiger partial charge in [0.1, 0.15) is 24.5 Å². The van der Waals surface area contributed by atoms with Crippen LogP contribution >= 0.6 is 0 Å². The summed E-state index contributed by atoms with van der Waals surface area (Å²) in [6.07, 6.45) is 1.84. The number of aromatic nitrogens is 3. The number of nitrogens with zero attached hydrogens (tertiary/aromatic N) is 6. The van der Waals surface area contributed by atoms with Crippen molar-refractivity contribution in [1.29, 1.82) is 0 Å². The van der Waals surface area contributed by atoms with E-state index in [9.17, 15) is 4.79 Å². The lowest BCUT2D eigenvalue weighted by Gasteiger charge is -2.40.